The van der Waals surface area contributed by atoms with Crippen LogP contribution in [0.3, 0.4) is 0 Å². The van der Waals surface area contributed by atoms with Crippen molar-refractivity contribution in [2.24, 2.45) is 5.73 Å². The molecule has 0 atom stereocenters. The fourth-order valence-electron chi connectivity index (χ4n) is 1.61. The van der Waals surface area contributed by atoms with E-state index in [4.69, 9.17) is 22.6 Å². The molecule has 2 rings (SSSR count). The van der Waals surface area contributed by atoms with Crippen LogP contribution in [0, 0.1) is 11.3 Å². The number of halogens is 1. The fourth-order valence-corrected chi connectivity index (χ4v) is 3.56. The standard InChI is InChI=1S/C10H10ClN3O2S/c11-8-2-1-7(4-12)10(3-8)17(15,16)14-5-9(13)6-14/h1-3,9H,5-6,13H2. The van der Waals surface area contributed by atoms with Gasteiger partial charge in [0.1, 0.15) is 11.0 Å². The molecular weight excluding hydrogens is 262 g/mol. The molecular formula is C10H10ClN3O2S. The topological polar surface area (TPSA) is 87.2 Å². The van der Waals surface area contributed by atoms with E-state index in [0.717, 1.165) is 0 Å². The highest BCUT2D eigenvalue weighted by atomic mass is 35.5. The molecule has 2 N–H and O–H groups in total. The van der Waals surface area contributed by atoms with Gasteiger partial charge in [-0.15, -0.1) is 0 Å². The van der Waals surface area contributed by atoms with Gasteiger partial charge in [-0.1, -0.05) is 11.6 Å². The minimum Gasteiger partial charge on any atom is -0.325 e. The van der Waals surface area contributed by atoms with Crippen molar-refractivity contribution in [2.75, 3.05) is 13.1 Å². The second-order valence-corrected chi connectivity index (χ2v) is 6.18. The van der Waals surface area contributed by atoms with Crippen LogP contribution in [0.1, 0.15) is 5.56 Å². The Labute approximate surface area is 104 Å². The van der Waals surface area contributed by atoms with Gasteiger partial charge >= 0.3 is 0 Å². The van der Waals surface area contributed by atoms with E-state index < -0.39 is 10.0 Å². The molecule has 0 radical (unpaired) electrons. The summed E-state index contributed by atoms with van der Waals surface area (Å²) in [5.74, 6) is 0. The molecule has 0 amide bonds. The Morgan fingerprint density at radius 3 is 2.65 bits per heavy atom. The van der Waals surface area contributed by atoms with E-state index in [2.05, 4.69) is 0 Å². The molecule has 1 fully saturated rings. The lowest BCUT2D eigenvalue weighted by Crippen LogP contribution is -2.57. The van der Waals surface area contributed by atoms with E-state index >= 15 is 0 Å². The monoisotopic (exact) mass is 271 g/mol. The maximum Gasteiger partial charge on any atom is 0.244 e. The first-order valence-electron chi connectivity index (χ1n) is 4.90. The number of hydrogen-bond donors (Lipinski definition) is 1. The zero-order valence-corrected chi connectivity index (χ0v) is 10.4. The molecule has 5 nitrogen and oxygen atoms in total. The van der Waals surface area contributed by atoms with E-state index in [9.17, 15) is 8.42 Å². The van der Waals surface area contributed by atoms with Crippen molar-refractivity contribution in [3.63, 3.8) is 0 Å². The number of hydrogen-bond acceptors (Lipinski definition) is 4. The number of nitriles is 1. The molecule has 1 aliphatic rings. The lowest BCUT2D eigenvalue weighted by atomic mass is 10.2. The highest BCUT2D eigenvalue weighted by molar-refractivity contribution is 7.89. The first-order chi connectivity index (χ1) is 7.95. The van der Waals surface area contributed by atoms with E-state index in [1.165, 1.54) is 22.5 Å². The van der Waals surface area contributed by atoms with Crippen LogP contribution in [0.5, 0.6) is 0 Å². The van der Waals surface area contributed by atoms with Gasteiger partial charge in [0.2, 0.25) is 10.0 Å². The fraction of sp³-hybridized carbons (Fsp3) is 0.300. The average Bonchev–Trinajstić information content (AvgIpc) is 2.24. The van der Waals surface area contributed by atoms with Gasteiger partial charge in [0.25, 0.3) is 0 Å². The van der Waals surface area contributed by atoms with Crippen LogP contribution in [0.2, 0.25) is 5.02 Å². The minimum absolute atomic E-state index is 0.0561. The van der Waals surface area contributed by atoms with Crippen LogP contribution < -0.4 is 5.73 Å². The van der Waals surface area contributed by atoms with Gasteiger partial charge in [-0.25, -0.2) is 8.42 Å². The molecule has 17 heavy (non-hydrogen) atoms. The maximum atomic E-state index is 12.2. The molecule has 0 saturated carbocycles. The zero-order valence-electron chi connectivity index (χ0n) is 8.80. The van der Waals surface area contributed by atoms with E-state index in [0.29, 0.717) is 0 Å². The summed E-state index contributed by atoms with van der Waals surface area (Å²) >= 11 is 5.76. The van der Waals surface area contributed by atoms with Gasteiger partial charge in [-0.2, -0.15) is 9.57 Å². The van der Waals surface area contributed by atoms with Gasteiger partial charge in [0.05, 0.1) is 5.56 Å². The van der Waals surface area contributed by atoms with Crippen LogP contribution >= 0.6 is 11.6 Å². The molecule has 0 spiro atoms. The largest absolute Gasteiger partial charge is 0.325 e. The van der Waals surface area contributed by atoms with Crippen LogP contribution in [0.15, 0.2) is 23.1 Å². The smallest absolute Gasteiger partial charge is 0.244 e. The highest BCUT2D eigenvalue weighted by Gasteiger charge is 2.36. The molecule has 7 heteroatoms. The van der Waals surface area contributed by atoms with Gasteiger partial charge in [-0.3, -0.25) is 0 Å². The quantitative estimate of drug-likeness (QED) is 0.851. The summed E-state index contributed by atoms with van der Waals surface area (Å²) in [5, 5.41) is 9.18. The lowest BCUT2D eigenvalue weighted by molar-refractivity contribution is 0.265. The third-order valence-electron chi connectivity index (χ3n) is 2.56. The molecule has 1 aliphatic heterocycles. The van der Waals surface area contributed by atoms with E-state index in [1.54, 1.807) is 0 Å². The van der Waals surface area contributed by atoms with Crippen molar-refractivity contribution in [1.82, 2.24) is 4.31 Å². The first kappa shape index (κ1) is 12.3. The highest BCUT2D eigenvalue weighted by Crippen LogP contribution is 2.26. The summed E-state index contributed by atoms with van der Waals surface area (Å²) in [6, 6.07) is 5.89. The second-order valence-electron chi connectivity index (χ2n) is 3.83. The van der Waals surface area contributed by atoms with Crippen molar-refractivity contribution in [2.45, 2.75) is 10.9 Å². The molecule has 1 aromatic rings. The zero-order chi connectivity index (χ0) is 12.6. The molecule has 1 heterocycles. The summed E-state index contributed by atoms with van der Waals surface area (Å²) in [5.41, 5.74) is 5.64. The third-order valence-corrected chi connectivity index (χ3v) is 4.66. The number of nitrogens with two attached hydrogens (primary N) is 1. The number of rotatable bonds is 2. The molecule has 1 saturated heterocycles. The Morgan fingerprint density at radius 1 is 1.47 bits per heavy atom. The molecule has 0 aromatic heterocycles. The van der Waals surface area contributed by atoms with Crippen molar-refractivity contribution >= 4 is 21.6 Å². The number of nitrogens with zero attached hydrogens (tertiary/aromatic N) is 2. The van der Waals surface area contributed by atoms with Crippen molar-refractivity contribution in [3.05, 3.63) is 28.8 Å². The Balaban J connectivity index is 2.46. The van der Waals surface area contributed by atoms with Crippen LogP contribution in [0.4, 0.5) is 0 Å². The maximum absolute atomic E-state index is 12.2. The summed E-state index contributed by atoms with van der Waals surface area (Å²) in [7, 11) is -3.65. The Hall–Kier alpha value is -1.13. The Bertz CT molecular complexity index is 588. The van der Waals surface area contributed by atoms with Crippen LogP contribution in [0.25, 0.3) is 0 Å². The van der Waals surface area contributed by atoms with Crippen molar-refractivity contribution < 1.29 is 8.42 Å². The Kier molecular flexibility index (Phi) is 3.10. The van der Waals surface area contributed by atoms with E-state index in [1.807, 2.05) is 6.07 Å². The summed E-state index contributed by atoms with van der Waals surface area (Å²) in [4.78, 5) is -0.0561. The van der Waals surface area contributed by atoms with E-state index in [-0.39, 0.29) is 34.6 Å². The SMILES string of the molecule is N#Cc1ccc(Cl)cc1S(=O)(=O)N1CC(N)C1. The number of sulfonamides is 1. The lowest BCUT2D eigenvalue weighted by Gasteiger charge is -2.35. The predicted molar refractivity (Wildman–Crippen MR) is 62.9 cm³/mol. The van der Waals surface area contributed by atoms with Crippen molar-refractivity contribution in [3.8, 4) is 6.07 Å². The molecule has 90 valence electrons. The summed E-state index contributed by atoms with van der Waals surface area (Å²) in [6.45, 7) is 0.555. The molecule has 0 aliphatic carbocycles. The summed E-state index contributed by atoms with van der Waals surface area (Å²) < 4.78 is 25.5. The van der Waals surface area contributed by atoms with Gasteiger partial charge in [0.15, 0.2) is 0 Å². The second kappa shape index (κ2) is 4.27. The normalized spacial score (nSPS) is 17.5. The molecule has 0 unspecified atom stereocenters. The third kappa shape index (κ3) is 2.15. The summed E-state index contributed by atoms with van der Waals surface area (Å²) in [6.07, 6.45) is 0. The van der Waals surface area contributed by atoms with Gasteiger partial charge in [-0.05, 0) is 18.2 Å². The predicted octanol–water partition coefficient (Wildman–Crippen LogP) is 0.543. The number of benzene rings is 1. The minimum atomic E-state index is -3.65. The Morgan fingerprint density at radius 2 is 2.12 bits per heavy atom. The van der Waals surface area contributed by atoms with Crippen LogP contribution in [-0.4, -0.2) is 31.9 Å². The van der Waals surface area contributed by atoms with Gasteiger partial charge in [0, 0.05) is 24.2 Å². The van der Waals surface area contributed by atoms with Crippen molar-refractivity contribution in [1.29, 1.82) is 5.26 Å². The average molecular weight is 272 g/mol. The molecule has 1 aromatic carbocycles. The van der Waals surface area contributed by atoms with Gasteiger partial charge < -0.3 is 5.73 Å². The first-order valence-corrected chi connectivity index (χ1v) is 6.72. The van der Waals surface area contributed by atoms with Crippen LogP contribution in [-0.2, 0) is 10.0 Å². The molecule has 0 bridgehead atoms.